The molecule has 4 aromatic rings. The molecule has 8 heteroatoms. The molecule has 170 valence electrons. The van der Waals surface area contributed by atoms with Crippen LogP contribution in [0.1, 0.15) is 21.5 Å². The van der Waals surface area contributed by atoms with Gasteiger partial charge < -0.3 is 15.0 Å². The number of hydrogen-bond donors (Lipinski definition) is 3. The van der Waals surface area contributed by atoms with Gasteiger partial charge >= 0.3 is 0 Å². The summed E-state index contributed by atoms with van der Waals surface area (Å²) in [6, 6.07) is 21.4. The molecule has 3 aromatic carbocycles. The van der Waals surface area contributed by atoms with Gasteiger partial charge in [0.1, 0.15) is 10.6 Å². The van der Waals surface area contributed by atoms with Crippen molar-refractivity contribution in [1.82, 2.24) is 15.0 Å². The molecule has 7 nitrogen and oxygen atoms in total. The average molecular weight is 464 g/mol. The second kappa shape index (κ2) is 9.89. The first kappa shape index (κ1) is 22.6. The van der Waals surface area contributed by atoms with Gasteiger partial charge in [-0.15, -0.1) is 0 Å². The predicted octanol–water partition coefficient (Wildman–Crippen LogP) is 3.63. The molecule has 1 aromatic heterocycles. The number of para-hydroxylation sites is 2. The van der Waals surface area contributed by atoms with Gasteiger partial charge in [-0.3, -0.25) is 4.79 Å². The number of benzene rings is 3. The van der Waals surface area contributed by atoms with Crippen molar-refractivity contribution in [2.45, 2.75) is 17.9 Å². The van der Waals surface area contributed by atoms with E-state index >= 15 is 0 Å². The van der Waals surface area contributed by atoms with E-state index in [1.165, 1.54) is 13.2 Å². The SMILES string of the molecule is COc1ccccc1S(=O)(=O)NCc1ccc(C(=O)NCCc2c[nH]c3ccccc23)cc1. The van der Waals surface area contributed by atoms with Crippen molar-refractivity contribution >= 4 is 26.8 Å². The summed E-state index contributed by atoms with van der Waals surface area (Å²) in [5.74, 6) is 0.112. The number of rotatable bonds is 9. The number of H-pyrrole nitrogens is 1. The number of ether oxygens (including phenoxy) is 1. The van der Waals surface area contributed by atoms with E-state index in [2.05, 4.69) is 21.1 Å². The van der Waals surface area contributed by atoms with E-state index in [-0.39, 0.29) is 23.1 Å². The summed E-state index contributed by atoms with van der Waals surface area (Å²) < 4.78 is 32.9. The molecule has 0 atom stereocenters. The molecule has 0 aliphatic rings. The Hall–Kier alpha value is -3.62. The molecule has 3 N–H and O–H groups in total. The Labute approximate surface area is 192 Å². The third-order valence-electron chi connectivity index (χ3n) is 5.40. The van der Waals surface area contributed by atoms with Gasteiger partial charge in [-0.25, -0.2) is 13.1 Å². The summed E-state index contributed by atoms with van der Waals surface area (Å²) in [7, 11) is -2.30. The van der Waals surface area contributed by atoms with Crippen LogP contribution in [-0.2, 0) is 23.0 Å². The fourth-order valence-corrected chi connectivity index (χ4v) is 4.81. The maximum Gasteiger partial charge on any atom is 0.251 e. The van der Waals surface area contributed by atoms with E-state index in [0.717, 1.165) is 28.5 Å². The summed E-state index contributed by atoms with van der Waals surface area (Å²) in [4.78, 5) is 15.8. The first-order valence-electron chi connectivity index (χ1n) is 10.5. The number of methoxy groups -OCH3 is 1. The van der Waals surface area contributed by atoms with Gasteiger partial charge in [0.05, 0.1) is 7.11 Å². The fourth-order valence-electron chi connectivity index (χ4n) is 3.62. The molecule has 0 fully saturated rings. The first-order valence-corrected chi connectivity index (χ1v) is 12.0. The van der Waals surface area contributed by atoms with E-state index in [4.69, 9.17) is 4.74 Å². The van der Waals surface area contributed by atoms with Crippen LogP contribution < -0.4 is 14.8 Å². The second-order valence-corrected chi connectivity index (χ2v) is 9.27. The van der Waals surface area contributed by atoms with Crippen molar-refractivity contribution in [3.05, 3.63) is 95.7 Å². The van der Waals surface area contributed by atoms with Crippen LogP contribution in [0, 0.1) is 0 Å². The molecule has 0 unspecified atom stereocenters. The number of aromatic amines is 1. The maximum atomic E-state index is 12.6. The molecule has 0 radical (unpaired) electrons. The first-order chi connectivity index (χ1) is 16.0. The number of amides is 1. The number of aromatic nitrogens is 1. The lowest BCUT2D eigenvalue weighted by atomic mass is 10.1. The number of carbonyl (C=O) groups is 1. The number of sulfonamides is 1. The van der Waals surface area contributed by atoms with Crippen LogP contribution >= 0.6 is 0 Å². The van der Waals surface area contributed by atoms with Gasteiger partial charge in [-0.2, -0.15) is 0 Å². The molecule has 0 saturated carbocycles. The third kappa shape index (κ3) is 5.24. The van der Waals surface area contributed by atoms with Gasteiger partial charge in [-0.05, 0) is 47.9 Å². The topological polar surface area (TPSA) is 100 Å². The molecule has 0 saturated heterocycles. The molecular weight excluding hydrogens is 438 g/mol. The zero-order valence-corrected chi connectivity index (χ0v) is 19.0. The second-order valence-electron chi connectivity index (χ2n) is 7.54. The van der Waals surface area contributed by atoms with Crippen LogP contribution in [0.2, 0.25) is 0 Å². The minimum absolute atomic E-state index is 0.0821. The molecule has 0 aliphatic heterocycles. The minimum Gasteiger partial charge on any atom is -0.495 e. The van der Waals surface area contributed by atoms with E-state index in [1.54, 1.807) is 42.5 Å². The number of fused-ring (bicyclic) bond motifs is 1. The highest BCUT2D eigenvalue weighted by atomic mass is 32.2. The third-order valence-corrected chi connectivity index (χ3v) is 6.84. The van der Waals surface area contributed by atoms with Crippen LogP contribution in [0.25, 0.3) is 10.9 Å². The minimum atomic E-state index is -3.73. The molecule has 0 spiro atoms. The van der Waals surface area contributed by atoms with Crippen molar-refractivity contribution in [2.24, 2.45) is 0 Å². The maximum absolute atomic E-state index is 12.6. The van der Waals surface area contributed by atoms with Gasteiger partial charge in [0.15, 0.2) is 0 Å². The van der Waals surface area contributed by atoms with Crippen molar-refractivity contribution in [3.63, 3.8) is 0 Å². The van der Waals surface area contributed by atoms with Crippen molar-refractivity contribution < 1.29 is 17.9 Å². The number of nitrogens with one attached hydrogen (secondary N) is 3. The van der Waals surface area contributed by atoms with Crippen molar-refractivity contribution in [2.75, 3.05) is 13.7 Å². The van der Waals surface area contributed by atoms with E-state index in [1.807, 2.05) is 24.4 Å². The summed E-state index contributed by atoms with van der Waals surface area (Å²) >= 11 is 0. The zero-order valence-electron chi connectivity index (χ0n) is 18.2. The molecule has 33 heavy (non-hydrogen) atoms. The summed E-state index contributed by atoms with van der Waals surface area (Å²) in [5.41, 5.74) is 3.49. The van der Waals surface area contributed by atoms with Crippen molar-refractivity contribution in [1.29, 1.82) is 0 Å². The zero-order chi connectivity index (χ0) is 23.3. The molecular formula is C25H25N3O4S. The lowest BCUT2D eigenvalue weighted by molar-refractivity contribution is 0.0954. The largest absolute Gasteiger partial charge is 0.495 e. The van der Waals surface area contributed by atoms with Gasteiger partial charge in [0.25, 0.3) is 5.91 Å². The predicted molar refractivity (Wildman–Crippen MR) is 128 cm³/mol. The van der Waals surface area contributed by atoms with Crippen LogP contribution in [0.5, 0.6) is 5.75 Å². The highest BCUT2D eigenvalue weighted by Crippen LogP contribution is 2.22. The molecule has 4 rings (SSSR count). The van der Waals surface area contributed by atoms with Crippen LogP contribution in [-0.4, -0.2) is 33.0 Å². The standard InChI is InChI=1S/C25H25N3O4S/c1-32-23-8-4-5-9-24(23)33(30,31)28-16-18-10-12-19(13-11-18)25(29)26-15-14-20-17-27-22-7-3-2-6-21(20)22/h2-13,17,27-28H,14-16H2,1H3,(H,26,29). The number of hydrogen-bond acceptors (Lipinski definition) is 4. The molecule has 1 heterocycles. The Morgan fingerprint density at radius 1 is 0.970 bits per heavy atom. The number of carbonyl (C=O) groups excluding carboxylic acids is 1. The summed E-state index contributed by atoms with van der Waals surface area (Å²) in [6.45, 7) is 0.615. The monoisotopic (exact) mass is 463 g/mol. The highest BCUT2D eigenvalue weighted by molar-refractivity contribution is 7.89. The van der Waals surface area contributed by atoms with Crippen molar-refractivity contribution in [3.8, 4) is 5.75 Å². The highest BCUT2D eigenvalue weighted by Gasteiger charge is 2.18. The van der Waals surface area contributed by atoms with Crippen LogP contribution in [0.3, 0.4) is 0 Å². The summed E-state index contributed by atoms with van der Waals surface area (Å²) in [6.07, 6.45) is 2.69. The molecule has 1 amide bonds. The van der Waals surface area contributed by atoms with E-state index < -0.39 is 10.0 Å². The summed E-state index contributed by atoms with van der Waals surface area (Å²) in [5, 5.41) is 4.09. The van der Waals surface area contributed by atoms with Gasteiger partial charge in [-0.1, -0.05) is 42.5 Å². The Kier molecular flexibility index (Phi) is 6.76. The fraction of sp³-hybridized carbons (Fsp3) is 0.160. The smallest absolute Gasteiger partial charge is 0.251 e. The van der Waals surface area contributed by atoms with E-state index in [0.29, 0.717) is 12.1 Å². The lowest BCUT2D eigenvalue weighted by Gasteiger charge is -2.11. The normalized spacial score (nSPS) is 11.4. The van der Waals surface area contributed by atoms with E-state index in [9.17, 15) is 13.2 Å². The van der Waals surface area contributed by atoms with Gasteiger partial charge in [0, 0.05) is 35.8 Å². The molecule has 0 bridgehead atoms. The Balaban J connectivity index is 1.31. The lowest BCUT2D eigenvalue weighted by Crippen LogP contribution is -2.26. The van der Waals surface area contributed by atoms with Gasteiger partial charge in [0.2, 0.25) is 10.0 Å². The average Bonchev–Trinajstić information content (AvgIpc) is 3.26. The molecule has 0 aliphatic carbocycles. The quantitative estimate of drug-likeness (QED) is 0.353. The Bertz CT molecular complexity index is 1360. The Morgan fingerprint density at radius 3 is 2.48 bits per heavy atom. The van der Waals surface area contributed by atoms with Crippen LogP contribution in [0.4, 0.5) is 0 Å². The Morgan fingerprint density at radius 2 is 1.70 bits per heavy atom. The van der Waals surface area contributed by atoms with Crippen LogP contribution in [0.15, 0.2) is 83.9 Å².